The van der Waals surface area contributed by atoms with E-state index in [4.69, 9.17) is 0 Å². The Morgan fingerprint density at radius 3 is 2.71 bits per heavy atom. The highest BCUT2D eigenvalue weighted by Crippen LogP contribution is 2.25. The van der Waals surface area contributed by atoms with E-state index in [1.165, 1.54) is 29.8 Å². The summed E-state index contributed by atoms with van der Waals surface area (Å²) in [7, 11) is 0. The zero-order valence-corrected chi connectivity index (χ0v) is 9.44. The van der Waals surface area contributed by atoms with Crippen molar-refractivity contribution in [3.8, 4) is 0 Å². The summed E-state index contributed by atoms with van der Waals surface area (Å²) in [6, 6.07) is 9.62. The minimum absolute atomic E-state index is 0.607. The smallest absolute Gasteiger partial charge is 0.0320 e. The Balaban J connectivity index is 2.05. The van der Waals surface area contributed by atoms with E-state index in [-0.39, 0.29) is 0 Å². The molecule has 1 aromatic carbocycles. The largest absolute Gasteiger partial charge is 0.310 e. The molecule has 1 heterocycles. The average molecular weight is 207 g/mol. The monoisotopic (exact) mass is 207 g/mol. The molecule has 1 nitrogen and oxygen atoms in total. The molecule has 1 saturated heterocycles. The highest BCUT2D eigenvalue weighted by molar-refractivity contribution is 7.99. The lowest BCUT2D eigenvalue weighted by molar-refractivity contribution is 0.647. The Labute approximate surface area is 90.3 Å². The summed E-state index contributed by atoms with van der Waals surface area (Å²) in [6.07, 6.45) is 2.61. The van der Waals surface area contributed by atoms with Crippen molar-refractivity contribution in [3.63, 3.8) is 0 Å². The van der Waals surface area contributed by atoms with Crippen molar-refractivity contribution in [2.24, 2.45) is 0 Å². The first-order valence-electron chi connectivity index (χ1n) is 5.36. The van der Waals surface area contributed by atoms with Gasteiger partial charge in [0.1, 0.15) is 0 Å². The Bertz CT molecular complexity index is 275. The van der Waals surface area contributed by atoms with E-state index in [0.717, 1.165) is 5.75 Å². The van der Waals surface area contributed by atoms with Crippen molar-refractivity contribution >= 4 is 11.8 Å². The predicted octanol–water partition coefficient (Wildman–Crippen LogP) is 3.22. The molecule has 0 saturated carbocycles. The lowest BCUT2D eigenvalue weighted by atomic mass is 10.1. The Kier molecular flexibility index (Phi) is 3.49. The van der Waals surface area contributed by atoms with Crippen molar-refractivity contribution in [2.45, 2.75) is 30.7 Å². The van der Waals surface area contributed by atoms with Gasteiger partial charge >= 0.3 is 0 Å². The van der Waals surface area contributed by atoms with Gasteiger partial charge in [-0.1, -0.05) is 19.1 Å². The minimum Gasteiger partial charge on any atom is -0.310 e. The van der Waals surface area contributed by atoms with E-state index in [1.807, 2.05) is 11.8 Å². The van der Waals surface area contributed by atoms with Crippen molar-refractivity contribution in [1.82, 2.24) is 5.32 Å². The summed E-state index contributed by atoms with van der Waals surface area (Å²) in [5.74, 6) is 1.15. The second-order valence-electron chi connectivity index (χ2n) is 3.65. The molecule has 1 fully saturated rings. The molecule has 0 aliphatic carbocycles. The highest BCUT2D eigenvalue weighted by Gasteiger charge is 2.15. The topological polar surface area (TPSA) is 12.0 Å². The third-order valence-electron chi connectivity index (χ3n) is 2.65. The molecule has 14 heavy (non-hydrogen) atoms. The maximum absolute atomic E-state index is 3.52. The van der Waals surface area contributed by atoms with Gasteiger partial charge in [-0.25, -0.2) is 0 Å². The molecular weight excluding hydrogens is 190 g/mol. The van der Waals surface area contributed by atoms with Gasteiger partial charge < -0.3 is 5.32 Å². The molecule has 0 radical (unpaired) electrons. The fraction of sp³-hybridized carbons (Fsp3) is 0.500. The van der Waals surface area contributed by atoms with Gasteiger partial charge in [0.2, 0.25) is 0 Å². The lowest BCUT2D eigenvalue weighted by Gasteiger charge is -2.10. The van der Waals surface area contributed by atoms with Gasteiger partial charge in [-0.05, 0) is 42.8 Å². The maximum atomic E-state index is 3.52. The molecule has 2 rings (SSSR count). The van der Waals surface area contributed by atoms with Crippen LogP contribution < -0.4 is 5.32 Å². The standard InChI is InChI=1S/C12H17NS/c1-2-14-11-7-5-10(6-8-11)12-4-3-9-13-12/h5-8,12-13H,2-4,9H2,1H3/t12-/m0/s1. The average Bonchev–Trinajstić information content (AvgIpc) is 2.72. The van der Waals surface area contributed by atoms with Gasteiger partial charge in [0, 0.05) is 10.9 Å². The lowest BCUT2D eigenvalue weighted by Crippen LogP contribution is -2.12. The van der Waals surface area contributed by atoms with E-state index < -0.39 is 0 Å². The van der Waals surface area contributed by atoms with Crippen LogP contribution in [0.2, 0.25) is 0 Å². The number of hydrogen-bond donors (Lipinski definition) is 1. The zero-order valence-electron chi connectivity index (χ0n) is 8.62. The third kappa shape index (κ3) is 2.31. The van der Waals surface area contributed by atoms with Gasteiger partial charge in [0.25, 0.3) is 0 Å². The van der Waals surface area contributed by atoms with E-state index >= 15 is 0 Å². The highest BCUT2D eigenvalue weighted by atomic mass is 32.2. The molecular formula is C12H17NS. The summed E-state index contributed by atoms with van der Waals surface area (Å²) in [5.41, 5.74) is 1.45. The van der Waals surface area contributed by atoms with Crippen LogP contribution in [-0.2, 0) is 0 Å². The van der Waals surface area contributed by atoms with E-state index in [1.54, 1.807) is 0 Å². The Morgan fingerprint density at radius 1 is 1.36 bits per heavy atom. The van der Waals surface area contributed by atoms with Crippen molar-refractivity contribution in [3.05, 3.63) is 29.8 Å². The second-order valence-corrected chi connectivity index (χ2v) is 4.99. The SMILES string of the molecule is CCSc1ccc([C@@H]2CCCN2)cc1. The summed E-state index contributed by atoms with van der Waals surface area (Å²) < 4.78 is 0. The van der Waals surface area contributed by atoms with Gasteiger partial charge in [-0.3, -0.25) is 0 Å². The maximum Gasteiger partial charge on any atom is 0.0320 e. The number of thioether (sulfide) groups is 1. The summed E-state index contributed by atoms with van der Waals surface area (Å²) in [6.45, 7) is 3.37. The molecule has 1 aromatic rings. The van der Waals surface area contributed by atoms with Crippen molar-refractivity contribution in [2.75, 3.05) is 12.3 Å². The molecule has 76 valence electrons. The quantitative estimate of drug-likeness (QED) is 0.764. The molecule has 1 aliphatic rings. The zero-order chi connectivity index (χ0) is 9.80. The normalized spacial score (nSPS) is 21.4. The molecule has 0 amide bonds. The first-order valence-corrected chi connectivity index (χ1v) is 6.35. The van der Waals surface area contributed by atoms with Gasteiger partial charge in [0.05, 0.1) is 0 Å². The fourth-order valence-electron chi connectivity index (χ4n) is 1.93. The van der Waals surface area contributed by atoms with Crippen LogP contribution in [0.25, 0.3) is 0 Å². The summed E-state index contributed by atoms with van der Waals surface area (Å²) in [4.78, 5) is 1.38. The first-order chi connectivity index (χ1) is 6.90. The number of nitrogens with one attached hydrogen (secondary N) is 1. The van der Waals surface area contributed by atoms with Crippen molar-refractivity contribution < 1.29 is 0 Å². The van der Waals surface area contributed by atoms with Gasteiger partial charge in [0.15, 0.2) is 0 Å². The minimum atomic E-state index is 0.607. The van der Waals surface area contributed by atoms with E-state index in [9.17, 15) is 0 Å². The van der Waals surface area contributed by atoms with Crippen LogP contribution in [0, 0.1) is 0 Å². The third-order valence-corrected chi connectivity index (χ3v) is 3.55. The number of rotatable bonds is 3. The molecule has 0 aromatic heterocycles. The molecule has 2 heteroatoms. The molecule has 0 bridgehead atoms. The van der Waals surface area contributed by atoms with E-state index in [0.29, 0.717) is 6.04 Å². The molecule has 1 aliphatic heterocycles. The number of hydrogen-bond acceptors (Lipinski definition) is 2. The Hall–Kier alpha value is -0.470. The van der Waals surface area contributed by atoms with Crippen LogP contribution in [0.5, 0.6) is 0 Å². The molecule has 1 N–H and O–H groups in total. The van der Waals surface area contributed by atoms with Crippen LogP contribution in [0.4, 0.5) is 0 Å². The van der Waals surface area contributed by atoms with Crippen LogP contribution >= 0.6 is 11.8 Å². The summed E-state index contributed by atoms with van der Waals surface area (Å²) in [5, 5.41) is 3.52. The van der Waals surface area contributed by atoms with Crippen molar-refractivity contribution in [1.29, 1.82) is 0 Å². The van der Waals surface area contributed by atoms with Gasteiger partial charge in [-0.15, -0.1) is 11.8 Å². The molecule has 1 atom stereocenters. The Morgan fingerprint density at radius 2 is 2.14 bits per heavy atom. The van der Waals surface area contributed by atoms with Gasteiger partial charge in [-0.2, -0.15) is 0 Å². The van der Waals surface area contributed by atoms with Crippen LogP contribution in [-0.4, -0.2) is 12.3 Å². The van der Waals surface area contributed by atoms with Crippen LogP contribution in [0.15, 0.2) is 29.2 Å². The predicted molar refractivity (Wildman–Crippen MR) is 62.8 cm³/mol. The summed E-state index contributed by atoms with van der Waals surface area (Å²) >= 11 is 1.91. The second kappa shape index (κ2) is 4.85. The molecule has 0 unspecified atom stereocenters. The van der Waals surface area contributed by atoms with E-state index in [2.05, 4.69) is 36.5 Å². The van der Waals surface area contributed by atoms with Crippen LogP contribution in [0.3, 0.4) is 0 Å². The number of benzene rings is 1. The van der Waals surface area contributed by atoms with Crippen LogP contribution in [0.1, 0.15) is 31.4 Å². The first kappa shape index (κ1) is 10.1. The fourth-order valence-corrected chi connectivity index (χ4v) is 2.59. The molecule has 0 spiro atoms.